The first-order valence-corrected chi connectivity index (χ1v) is 9.98. The third-order valence-corrected chi connectivity index (χ3v) is 5.00. The van der Waals surface area contributed by atoms with Crippen LogP contribution in [0.1, 0.15) is 21.6 Å². The van der Waals surface area contributed by atoms with E-state index in [-0.39, 0.29) is 11.5 Å². The van der Waals surface area contributed by atoms with Crippen LogP contribution in [0, 0.1) is 0 Å². The zero-order chi connectivity index (χ0) is 21.8. The molecule has 6 nitrogen and oxygen atoms in total. The van der Waals surface area contributed by atoms with E-state index in [1.165, 1.54) is 10.8 Å². The van der Waals surface area contributed by atoms with Crippen molar-refractivity contribution in [3.8, 4) is 11.5 Å². The Balaban J connectivity index is 1.55. The van der Waals surface area contributed by atoms with E-state index in [2.05, 4.69) is 10.1 Å². The summed E-state index contributed by atoms with van der Waals surface area (Å²) in [6.45, 7) is 0.292. The van der Waals surface area contributed by atoms with E-state index in [1.54, 1.807) is 32.6 Å². The molecule has 4 rings (SSSR count). The Morgan fingerprint density at radius 3 is 2.77 bits per heavy atom. The predicted octanol–water partition coefficient (Wildman–Crippen LogP) is 5.11. The van der Waals surface area contributed by atoms with Gasteiger partial charge in [0.1, 0.15) is 23.6 Å². The van der Waals surface area contributed by atoms with Crippen molar-refractivity contribution >= 4 is 34.4 Å². The van der Waals surface area contributed by atoms with Crippen molar-refractivity contribution in [2.45, 2.75) is 6.61 Å². The highest BCUT2D eigenvalue weighted by Crippen LogP contribution is 2.27. The number of aryl methyl sites for hydroxylation is 1. The van der Waals surface area contributed by atoms with Gasteiger partial charge in [0.15, 0.2) is 5.69 Å². The molecule has 2 heterocycles. The molecule has 4 aromatic rings. The van der Waals surface area contributed by atoms with Gasteiger partial charge >= 0.3 is 0 Å². The second kappa shape index (κ2) is 9.02. The molecule has 7 heteroatoms. The standard InChI is InChI=1S/C24H20ClN3O3/c1-28-14-19(25)24(27-28)20(29)10-8-16-9-11-21(30-2)18(13-16)15-31-22-7-3-5-17-6-4-12-26-23(17)22/h3-14H,15H2,1-2H3/b10-8+. The summed E-state index contributed by atoms with van der Waals surface area (Å²) in [6.07, 6.45) is 6.50. The molecule has 0 unspecified atom stereocenters. The van der Waals surface area contributed by atoms with Crippen LogP contribution in [0.15, 0.2) is 67.0 Å². The lowest BCUT2D eigenvalue weighted by molar-refractivity contribution is 0.104. The minimum Gasteiger partial charge on any atom is -0.496 e. The topological polar surface area (TPSA) is 66.2 Å². The Bertz CT molecular complexity index is 1280. The molecular formula is C24H20ClN3O3. The lowest BCUT2D eigenvalue weighted by Crippen LogP contribution is -2.00. The van der Waals surface area contributed by atoms with Crippen LogP contribution in [0.4, 0.5) is 0 Å². The quantitative estimate of drug-likeness (QED) is 0.299. The average molecular weight is 434 g/mol. The third-order valence-electron chi connectivity index (χ3n) is 4.73. The van der Waals surface area contributed by atoms with Crippen molar-refractivity contribution in [2.24, 2.45) is 7.05 Å². The van der Waals surface area contributed by atoms with Crippen LogP contribution in [0.25, 0.3) is 17.0 Å². The maximum atomic E-state index is 12.4. The van der Waals surface area contributed by atoms with Gasteiger partial charge in [-0.3, -0.25) is 14.5 Å². The maximum absolute atomic E-state index is 12.4. The van der Waals surface area contributed by atoms with Crippen LogP contribution in [0.2, 0.25) is 5.02 Å². The summed E-state index contributed by atoms with van der Waals surface area (Å²) >= 11 is 6.05. The molecule has 0 radical (unpaired) electrons. The van der Waals surface area contributed by atoms with Crippen LogP contribution in [-0.4, -0.2) is 27.7 Å². The van der Waals surface area contributed by atoms with E-state index < -0.39 is 0 Å². The van der Waals surface area contributed by atoms with Crippen LogP contribution in [0.3, 0.4) is 0 Å². The molecule has 0 saturated carbocycles. The minimum atomic E-state index is -0.263. The fraction of sp³-hybridized carbons (Fsp3) is 0.125. The molecule has 0 aliphatic rings. The Kier molecular flexibility index (Phi) is 6.00. The van der Waals surface area contributed by atoms with E-state index in [0.717, 1.165) is 22.0 Å². The molecule has 0 N–H and O–H groups in total. The average Bonchev–Trinajstić information content (AvgIpc) is 3.14. The molecule has 0 aliphatic heterocycles. The van der Waals surface area contributed by atoms with Gasteiger partial charge in [-0.15, -0.1) is 0 Å². The van der Waals surface area contributed by atoms with Crippen molar-refractivity contribution in [3.63, 3.8) is 0 Å². The fourth-order valence-electron chi connectivity index (χ4n) is 3.24. The number of hydrogen-bond donors (Lipinski definition) is 0. The van der Waals surface area contributed by atoms with Crippen molar-refractivity contribution in [1.29, 1.82) is 0 Å². The Labute approximate surface area is 184 Å². The third kappa shape index (κ3) is 4.59. The van der Waals surface area contributed by atoms with Gasteiger partial charge in [0, 0.05) is 30.4 Å². The SMILES string of the molecule is COc1ccc(/C=C/C(=O)c2nn(C)cc2Cl)cc1COc1cccc2cccnc12. The van der Waals surface area contributed by atoms with E-state index in [1.807, 2.05) is 48.5 Å². The summed E-state index contributed by atoms with van der Waals surface area (Å²) in [4.78, 5) is 16.8. The number of hydrogen-bond acceptors (Lipinski definition) is 5. The van der Waals surface area contributed by atoms with Crippen molar-refractivity contribution < 1.29 is 14.3 Å². The molecule has 0 fully saturated rings. The molecule has 2 aromatic carbocycles. The number of ether oxygens (including phenoxy) is 2. The molecular weight excluding hydrogens is 414 g/mol. The molecule has 0 amide bonds. The normalized spacial score (nSPS) is 11.2. The highest BCUT2D eigenvalue weighted by atomic mass is 35.5. The van der Waals surface area contributed by atoms with E-state index in [4.69, 9.17) is 21.1 Å². The Hall–Kier alpha value is -3.64. The summed E-state index contributed by atoms with van der Waals surface area (Å²) in [7, 11) is 3.33. The van der Waals surface area contributed by atoms with Gasteiger partial charge < -0.3 is 9.47 Å². The zero-order valence-corrected chi connectivity index (χ0v) is 17.8. The van der Waals surface area contributed by atoms with E-state index in [0.29, 0.717) is 23.1 Å². The zero-order valence-electron chi connectivity index (χ0n) is 17.1. The van der Waals surface area contributed by atoms with Crippen LogP contribution in [0.5, 0.6) is 11.5 Å². The molecule has 0 aliphatic carbocycles. The number of ketones is 1. The first kappa shape index (κ1) is 20.6. The summed E-state index contributed by atoms with van der Waals surface area (Å²) in [5, 5.41) is 5.43. The monoisotopic (exact) mass is 433 g/mol. The van der Waals surface area contributed by atoms with Gasteiger partial charge in [0.25, 0.3) is 0 Å². The lowest BCUT2D eigenvalue weighted by atomic mass is 10.1. The Morgan fingerprint density at radius 2 is 2.00 bits per heavy atom. The van der Waals surface area contributed by atoms with Crippen LogP contribution in [-0.2, 0) is 13.7 Å². The maximum Gasteiger partial charge on any atom is 0.207 e. The second-order valence-corrected chi connectivity index (χ2v) is 7.30. The number of methoxy groups -OCH3 is 1. The van der Waals surface area contributed by atoms with Crippen LogP contribution < -0.4 is 9.47 Å². The van der Waals surface area contributed by atoms with Gasteiger partial charge in [0.2, 0.25) is 5.78 Å². The number of pyridine rings is 1. The van der Waals surface area contributed by atoms with Gasteiger partial charge in [-0.05, 0) is 35.9 Å². The molecule has 2 aromatic heterocycles. The largest absolute Gasteiger partial charge is 0.496 e. The smallest absolute Gasteiger partial charge is 0.207 e. The molecule has 0 atom stereocenters. The number of aromatic nitrogens is 3. The van der Waals surface area contributed by atoms with Gasteiger partial charge in [-0.1, -0.05) is 41.9 Å². The summed E-state index contributed by atoms with van der Waals surface area (Å²) in [5.41, 5.74) is 2.70. The van der Waals surface area contributed by atoms with Crippen LogP contribution >= 0.6 is 11.6 Å². The highest BCUT2D eigenvalue weighted by molar-refractivity contribution is 6.34. The van der Waals surface area contributed by atoms with E-state index in [9.17, 15) is 4.79 Å². The van der Waals surface area contributed by atoms with Gasteiger partial charge in [-0.2, -0.15) is 5.10 Å². The molecule has 31 heavy (non-hydrogen) atoms. The lowest BCUT2D eigenvalue weighted by Gasteiger charge is -2.12. The summed E-state index contributed by atoms with van der Waals surface area (Å²) in [5.74, 6) is 1.13. The molecule has 0 saturated heterocycles. The number of carbonyl (C=O) groups excluding carboxylic acids is 1. The number of para-hydroxylation sites is 1. The number of nitrogens with zero attached hydrogens (tertiary/aromatic N) is 3. The predicted molar refractivity (Wildman–Crippen MR) is 121 cm³/mol. The number of halogens is 1. The van der Waals surface area contributed by atoms with Gasteiger partial charge in [-0.25, -0.2) is 0 Å². The second-order valence-electron chi connectivity index (χ2n) is 6.89. The number of carbonyl (C=O) groups is 1. The summed E-state index contributed by atoms with van der Waals surface area (Å²) in [6, 6.07) is 15.3. The first-order chi connectivity index (χ1) is 15.0. The molecule has 156 valence electrons. The van der Waals surface area contributed by atoms with Crippen molar-refractivity contribution in [3.05, 3.63) is 88.8 Å². The molecule has 0 bridgehead atoms. The first-order valence-electron chi connectivity index (χ1n) is 9.60. The highest BCUT2D eigenvalue weighted by Gasteiger charge is 2.12. The van der Waals surface area contributed by atoms with E-state index >= 15 is 0 Å². The fourth-order valence-corrected chi connectivity index (χ4v) is 3.51. The number of benzene rings is 2. The van der Waals surface area contributed by atoms with Crippen molar-refractivity contribution in [1.82, 2.24) is 14.8 Å². The number of fused-ring (bicyclic) bond motifs is 1. The number of allylic oxidation sites excluding steroid dienone is 1. The van der Waals surface area contributed by atoms with Crippen molar-refractivity contribution in [2.75, 3.05) is 7.11 Å². The molecule has 0 spiro atoms. The summed E-state index contributed by atoms with van der Waals surface area (Å²) < 4.78 is 13.0. The number of rotatable bonds is 7. The minimum absolute atomic E-state index is 0.223. The van der Waals surface area contributed by atoms with Gasteiger partial charge in [0.05, 0.1) is 12.1 Å². The Morgan fingerprint density at radius 1 is 1.16 bits per heavy atom.